The largest absolute Gasteiger partial charge is 0.314 e. The van der Waals surface area contributed by atoms with Crippen LogP contribution in [0.3, 0.4) is 0 Å². The summed E-state index contributed by atoms with van der Waals surface area (Å²) in [6, 6.07) is 14.5. The van der Waals surface area contributed by atoms with Crippen molar-refractivity contribution in [2.45, 2.75) is 17.7 Å². The molecule has 2 heterocycles. The summed E-state index contributed by atoms with van der Waals surface area (Å²) in [5.41, 5.74) is 1.55. The normalized spacial score (nSPS) is 24.5. The second kappa shape index (κ2) is 7.82. The molecule has 146 valence electrons. The summed E-state index contributed by atoms with van der Waals surface area (Å²) in [7, 11) is -3.12. The number of rotatable bonds is 3. The number of carbonyl (C=O) groups is 1. The zero-order valence-corrected chi connectivity index (χ0v) is 18.6. The number of hydrogen-bond acceptors (Lipinski definition) is 4. The Hall–Kier alpha value is -1.35. The standard InChI is InChI=1S/C19H16BrClN2O3S2/c20-13-6-7-15(14(21)9-13)23-16-10-28(25,26)11-17(16)27-19(23)22-18(24)8-12-4-2-1-3-5-12/h1-7,9,16-17H,8,10-11H2/t16-,17+/m0/s1. The fraction of sp³-hybridized carbons (Fsp3) is 0.263. The van der Waals surface area contributed by atoms with E-state index in [0.29, 0.717) is 15.9 Å². The van der Waals surface area contributed by atoms with E-state index in [2.05, 4.69) is 20.9 Å². The highest BCUT2D eigenvalue weighted by molar-refractivity contribution is 9.10. The molecule has 0 bridgehead atoms. The predicted octanol–water partition coefficient (Wildman–Crippen LogP) is 3.95. The molecular weight excluding hydrogens is 484 g/mol. The minimum Gasteiger partial charge on any atom is -0.314 e. The van der Waals surface area contributed by atoms with Crippen molar-refractivity contribution in [3.05, 3.63) is 63.6 Å². The van der Waals surface area contributed by atoms with Crippen LogP contribution in [-0.2, 0) is 21.1 Å². The second-order valence-electron chi connectivity index (χ2n) is 6.72. The van der Waals surface area contributed by atoms with Gasteiger partial charge in [-0.25, -0.2) is 8.42 Å². The number of aliphatic imine (C=N–C) groups is 1. The molecule has 0 radical (unpaired) electrons. The maximum absolute atomic E-state index is 12.5. The van der Waals surface area contributed by atoms with Gasteiger partial charge in [0.1, 0.15) is 0 Å². The highest BCUT2D eigenvalue weighted by Gasteiger charge is 2.49. The first-order chi connectivity index (χ1) is 13.3. The van der Waals surface area contributed by atoms with Crippen LogP contribution >= 0.6 is 39.3 Å². The SMILES string of the molecule is O=C(Cc1ccccc1)N=C1S[C@@H]2CS(=O)(=O)C[C@@H]2N1c1ccc(Br)cc1Cl. The Morgan fingerprint density at radius 2 is 1.96 bits per heavy atom. The van der Waals surface area contributed by atoms with Crippen molar-refractivity contribution in [1.29, 1.82) is 0 Å². The molecule has 2 aliphatic rings. The molecule has 2 saturated heterocycles. The number of benzene rings is 2. The van der Waals surface area contributed by atoms with Crippen molar-refractivity contribution in [1.82, 2.24) is 0 Å². The molecule has 2 aliphatic heterocycles. The van der Waals surface area contributed by atoms with Gasteiger partial charge in [0.15, 0.2) is 15.0 Å². The Kier molecular flexibility index (Phi) is 5.57. The van der Waals surface area contributed by atoms with Crippen LogP contribution in [0.5, 0.6) is 0 Å². The van der Waals surface area contributed by atoms with E-state index < -0.39 is 9.84 Å². The third-order valence-electron chi connectivity index (χ3n) is 4.65. The van der Waals surface area contributed by atoms with Gasteiger partial charge in [-0.2, -0.15) is 4.99 Å². The lowest BCUT2D eigenvalue weighted by atomic mass is 10.1. The number of amidine groups is 1. The van der Waals surface area contributed by atoms with Crippen LogP contribution < -0.4 is 4.90 Å². The molecule has 0 aliphatic carbocycles. The smallest absolute Gasteiger partial charge is 0.252 e. The Morgan fingerprint density at radius 1 is 1.21 bits per heavy atom. The zero-order chi connectivity index (χ0) is 19.9. The molecule has 2 aromatic rings. The summed E-state index contributed by atoms with van der Waals surface area (Å²) in [5.74, 6) is -0.156. The average Bonchev–Trinajstić information content (AvgIpc) is 3.07. The second-order valence-corrected chi connectivity index (χ2v) is 11.4. The minimum atomic E-state index is -3.12. The van der Waals surface area contributed by atoms with Gasteiger partial charge >= 0.3 is 0 Å². The number of sulfone groups is 1. The Bertz CT molecular complexity index is 1060. The first kappa shape index (κ1) is 19.9. The number of anilines is 1. The van der Waals surface area contributed by atoms with Gasteiger partial charge in [0.25, 0.3) is 5.91 Å². The lowest BCUT2D eigenvalue weighted by Gasteiger charge is -2.25. The fourth-order valence-electron chi connectivity index (χ4n) is 3.44. The molecule has 2 atom stereocenters. The Labute approximate surface area is 181 Å². The minimum absolute atomic E-state index is 0.0307. The summed E-state index contributed by atoms with van der Waals surface area (Å²) in [4.78, 5) is 18.7. The number of thioether (sulfide) groups is 1. The van der Waals surface area contributed by atoms with Crippen LogP contribution in [0.2, 0.25) is 5.02 Å². The van der Waals surface area contributed by atoms with E-state index in [1.165, 1.54) is 11.8 Å². The van der Waals surface area contributed by atoms with Gasteiger partial charge in [-0.15, -0.1) is 0 Å². The predicted molar refractivity (Wildman–Crippen MR) is 118 cm³/mol. The summed E-state index contributed by atoms with van der Waals surface area (Å²) >= 11 is 11.2. The molecule has 9 heteroatoms. The van der Waals surface area contributed by atoms with Crippen molar-refractivity contribution in [2.24, 2.45) is 4.99 Å². The quantitative estimate of drug-likeness (QED) is 0.640. The topological polar surface area (TPSA) is 66.8 Å². The molecule has 28 heavy (non-hydrogen) atoms. The Morgan fingerprint density at radius 3 is 2.68 bits per heavy atom. The molecular formula is C19H16BrClN2O3S2. The lowest BCUT2D eigenvalue weighted by Crippen LogP contribution is -2.38. The first-order valence-corrected chi connectivity index (χ1v) is 12.5. The number of halogens is 2. The number of amides is 1. The Balaban J connectivity index is 1.68. The van der Waals surface area contributed by atoms with E-state index in [1.54, 1.807) is 6.07 Å². The number of fused-ring (bicyclic) bond motifs is 1. The van der Waals surface area contributed by atoms with Crippen LogP contribution in [0, 0.1) is 0 Å². The summed E-state index contributed by atoms with van der Waals surface area (Å²) in [5, 5.41) is 0.825. The van der Waals surface area contributed by atoms with Crippen LogP contribution in [0.4, 0.5) is 5.69 Å². The fourth-order valence-corrected chi connectivity index (χ4v) is 8.13. The van der Waals surface area contributed by atoms with Crippen molar-refractivity contribution in [3.8, 4) is 0 Å². The van der Waals surface area contributed by atoms with Crippen molar-refractivity contribution in [3.63, 3.8) is 0 Å². The van der Waals surface area contributed by atoms with Crippen LogP contribution in [0.25, 0.3) is 0 Å². The van der Waals surface area contributed by atoms with E-state index in [-0.39, 0.29) is 35.1 Å². The summed E-state index contributed by atoms with van der Waals surface area (Å²) < 4.78 is 25.1. The van der Waals surface area contributed by atoms with Crippen molar-refractivity contribution in [2.75, 3.05) is 16.4 Å². The molecule has 1 amide bonds. The zero-order valence-electron chi connectivity index (χ0n) is 14.6. The monoisotopic (exact) mass is 498 g/mol. The number of hydrogen-bond donors (Lipinski definition) is 0. The molecule has 0 aromatic heterocycles. The third kappa shape index (κ3) is 4.15. The summed E-state index contributed by atoms with van der Waals surface area (Å²) in [6.07, 6.45) is 0.195. The summed E-state index contributed by atoms with van der Waals surface area (Å²) in [6.45, 7) is 0. The van der Waals surface area contributed by atoms with E-state index in [0.717, 1.165) is 10.0 Å². The van der Waals surface area contributed by atoms with Crippen molar-refractivity contribution >= 4 is 65.9 Å². The molecule has 5 nitrogen and oxygen atoms in total. The maximum atomic E-state index is 12.5. The molecule has 0 saturated carbocycles. The van der Waals surface area contributed by atoms with Gasteiger partial charge in [-0.05, 0) is 23.8 Å². The average molecular weight is 500 g/mol. The molecule has 0 N–H and O–H groups in total. The van der Waals surface area contributed by atoms with E-state index in [4.69, 9.17) is 11.6 Å². The van der Waals surface area contributed by atoms with E-state index in [1.807, 2.05) is 47.4 Å². The van der Waals surface area contributed by atoms with Gasteiger partial charge in [0.05, 0.1) is 34.7 Å². The number of nitrogens with zero attached hydrogens (tertiary/aromatic N) is 2. The lowest BCUT2D eigenvalue weighted by molar-refractivity contribution is -0.117. The number of carbonyl (C=O) groups excluding carboxylic acids is 1. The van der Waals surface area contributed by atoms with E-state index >= 15 is 0 Å². The van der Waals surface area contributed by atoms with Crippen LogP contribution in [0.15, 0.2) is 58.0 Å². The molecule has 2 aromatic carbocycles. The van der Waals surface area contributed by atoms with Gasteiger partial charge in [-0.3, -0.25) is 4.79 Å². The molecule has 0 spiro atoms. The van der Waals surface area contributed by atoms with Gasteiger partial charge in [-0.1, -0.05) is 69.6 Å². The van der Waals surface area contributed by atoms with Crippen molar-refractivity contribution < 1.29 is 13.2 Å². The van der Waals surface area contributed by atoms with Gasteiger partial charge in [0, 0.05) is 9.72 Å². The van der Waals surface area contributed by atoms with Crippen LogP contribution in [-0.4, -0.2) is 42.3 Å². The maximum Gasteiger partial charge on any atom is 0.252 e. The molecule has 0 unspecified atom stereocenters. The van der Waals surface area contributed by atoms with Crippen LogP contribution in [0.1, 0.15) is 5.56 Å². The first-order valence-electron chi connectivity index (χ1n) is 8.59. The van der Waals surface area contributed by atoms with Gasteiger partial charge < -0.3 is 4.90 Å². The third-order valence-corrected chi connectivity index (χ3v) is 8.66. The highest BCUT2D eigenvalue weighted by Crippen LogP contribution is 2.43. The molecule has 4 rings (SSSR count). The highest BCUT2D eigenvalue weighted by atomic mass is 79.9. The molecule has 2 fully saturated rings. The van der Waals surface area contributed by atoms with Gasteiger partial charge in [0.2, 0.25) is 0 Å². The van der Waals surface area contributed by atoms with E-state index in [9.17, 15) is 13.2 Å².